The molecule has 0 spiro atoms. The number of hydrogen-bond acceptors (Lipinski definition) is 4. The van der Waals surface area contributed by atoms with Crippen LogP contribution in [0.25, 0.3) is 22.6 Å². The van der Waals surface area contributed by atoms with Crippen LogP contribution in [-0.4, -0.2) is 29.1 Å². The minimum atomic E-state index is -0.918. The summed E-state index contributed by atoms with van der Waals surface area (Å²) in [5.74, 6) is -1.29. The number of ether oxygens (including phenoxy) is 1. The van der Waals surface area contributed by atoms with E-state index >= 15 is 0 Å². The molecule has 0 bridgehead atoms. The van der Waals surface area contributed by atoms with Gasteiger partial charge in [0.2, 0.25) is 0 Å². The molecule has 4 rings (SSSR count). The van der Waals surface area contributed by atoms with Crippen LogP contribution in [0, 0.1) is 0 Å². The topological polar surface area (TPSA) is 76.5 Å². The Bertz CT molecular complexity index is 1110. The average molecular weight is 373 g/mol. The van der Waals surface area contributed by atoms with Gasteiger partial charge < -0.3 is 9.84 Å². The Hall–Kier alpha value is -3.47. The number of carbonyl (C=O) groups excluding carboxylic acids is 1. The number of methoxy groups -OCH3 is 1. The first-order chi connectivity index (χ1) is 13.6. The van der Waals surface area contributed by atoms with E-state index in [9.17, 15) is 14.7 Å². The highest BCUT2D eigenvalue weighted by molar-refractivity contribution is 6.05. The van der Waals surface area contributed by atoms with E-state index in [-0.39, 0.29) is 5.97 Å². The van der Waals surface area contributed by atoms with Crippen molar-refractivity contribution in [2.24, 2.45) is 0 Å². The van der Waals surface area contributed by atoms with Crippen LogP contribution in [0.5, 0.6) is 0 Å². The zero-order valence-corrected chi connectivity index (χ0v) is 15.4. The second kappa shape index (κ2) is 7.27. The number of aromatic nitrogens is 1. The van der Waals surface area contributed by atoms with Crippen molar-refractivity contribution in [2.45, 2.75) is 19.3 Å². The van der Waals surface area contributed by atoms with Gasteiger partial charge in [-0.2, -0.15) is 0 Å². The SMILES string of the molecule is COC(=O)c1ccc(C=C2CCCc3c2nc2ccccc2c3C(=O)O)cc1. The molecular formula is C23H19NO4. The number of rotatable bonds is 3. The summed E-state index contributed by atoms with van der Waals surface area (Å²) in [6.07, 6.45) is 4.43. The number of carboxylic acid groups (broad SMARTS) is 1. The van der Waals surface area contributed by atoms with Crippen molar-refractivity contribution in [2.75, 3.05) is 7.11 Å². The van der Waals surface area contributed by atoms with E-state index in [0.29, 0.717) is 28.5 Å². The van der Waals surface area contributed by atoms with E-state index < -0.39 is 5.97 Å². The Morgan fingerprint density at radius 2 is 1.82 bits per heavy atom. The summed E-state index contributed by atoms with van der Waals surface area (Å²) < 4.78 is 4.73. The molecule has 0 amide bonds. The number of carboxylic acids is 1. The molecule has 1 heterocycles. The van der Waals surface area contributed by atoms with Crippen LogP contribution in [0.1, 0.15) is 50.4 Å². The molecule has 0 saturated carbocycles. The molecule has 3 aromatic rings. The third-order valence-electron chi connectivity index (χ3n) is 5.06. The lowest BCUT2D eigenvalue weighted by molar-refractivity contribution is 0.0599. The van der Waals surface area contributed by atoms with Crippen molar-refractivity contribution in [3.63, 3.8) is 0 Å². The number of fused-ring (bicyclic) bond motifs is 2. The van der Waals surface area contributed by atoms with E-state index in [0.717, 1.165) is 35.2 Å². The Labute approximate surface area is 162 Å². The fourth-order valence-corrected chi connectivity index (χ4v) is 3.75. The van der Waals surface area contributed by atoms with Gasteiger partial charge in [-0.05, 0) is 60.2 Å². The summed E-state index contributed by atoms with van der Waals surface area (Å²) in [6, 6.07) is 14.5. The third-order valence-corrected chi connectivity index (χ3v) is 5.06. The van der Waals surface area contributed by atoms with E-state index in [1.165, 1.54) is 7.11 Å². The number of nitrogens with zero attached hydrogens (tertiary/aromatic N) is 1. The number of esters is 1. The third kappa shape index (κ3) is 3.16. The summed E-state index contributed by atoms with van der Waals surface area (Å²) in [4.78, 5) is 28.4. The van der Waals surface area contributed by atoms with Crippen LogP contribution in [-0.2, 0) is 11.2 Å². The van der Waals surface area contributed by atoms with Crippen molar-refractivity contribution in [3.8, 4) is 0 Å². The van der Waals surface area contributed by atoms with Gasteiger partial charge in [0.15, 0.2) is 0 Å². The summed E-state index contributed by atoms with van der Waals surface area (Å²) in [7, 11) is 1.35. The van der Waals surface area contributed by atoms with Gasteiger partial charge in [0.05, 0.1) is 29.4 Å². The molecule has 0 atom stereocenters. The minimum Gasteiger partial charge on any atom is -0.478 e. The second-order valence-corrected chi connectivity index (χ2v) is 6.77. The van der Waals surface area contributed by atoms with Crippen LogP contribution in [0.3, 0.4) is 0 Å². The van der Waals surface area contributed by atoms with E-state index in [2.05, 4.69) is 0 Å². The second-order valence-electron chi connectivity index (χ2n) is 6.77. The lowest BCUT2D eigenvalue weighted by Crippen LogP contribution is -2.13. The zero-order valence-electron chi connectivity index (χ0n) is 15.4. The van der Waals surface area contributed by atoms with Gasteiger partial charge >= 0.3 is 11.9 Å². The molecule has 5 heteroatoms. The largest absolute Gasteiger partial charge is 0.478 e. The van der Waals surface area contributed by atoms with E-state index in [1.54, 1.807) is 12.1 Å². The number of para-hydroxylation sites is 1. The predicted octanol–water partition coefficient (Wildman–Crippen LogP) is 4.60. The van der Waals surface area contributed by atoms with Crippen LogP contribution in [0.15, 0.2) is 48.5 Å². The number of hydrogen-bond donors (Lipinski definition) is 1. The molecule has 2 aromatic carbocycles. The first-order valence-corrected chi connectivity index (χ1v) is 9.12. The normalized spacial score (nSPS) is 14.7. The van der Waals surface area contributed by atoms with Gasteiger partial charge in [0.25, 0.3) is 0 Å². The van der Waals surface area contributed by atoms with Gasteiger partial charge in [-0.1, -0.05) is 30.3 Å². The standard InChI is InChI=1S/C23H19NO4/c1-28-23(27)15-11-9-14(10-12-15)13-16-5-4-7-18-20(22(25)26)17-6-2-3-8-19(17)24-21(16)18/h2-3,6,8-13H,4-5,7H2,1H3,(H,25,26). The maximum Gasteiger partial charge on any atom is 0.337 e. The number of pyridine rings is 1. The summed E-state index contributed by atoms with van der Waals surface area (Å²) in [6.45, 7) is 0. The first-order valence-electron chi connectivity index (χ1n) is 9.12. The fraction of sp³-hybridized carbons (Fsp3) is 0.174. The quantitative estimate of drug-likeness (QED) is 0.679. The molecular weight excluding hydrogens is 354 g/mol. The Kier molecular flexibility index (Phi) is 4.65. The van der Waals surface area contributed by atoms with Gasteiger partial charge in [-0.25, -0.2) is 14.6 Å². The van der Waals surface area contributed by atoms with Gasteiger partial charge in [0, 0.05) is 5.39 Å². The monoisotopic (exact) mass is 373 g/mol. The van der Waals surface area contributed by atoms with Crippen LogP contribution in [0.2, 0.25) is 0 Å². The Balaban J connectivity index is 1.84. The molecule has 140 valence electrons. The van der Waals surface area contributed by atoms with Gasteiger partial charge in [-0.3, -0.25) is 0 Å². The molecule has 5 nitrogen and oxygen atoms in total. The fourth-order valence-electron chi connectivity index (χ4n) is 3.75. The van der Waals surface area contributed by atoms with Crippen LogP contribution >= 0.6 is 0 Å². The first kappa shape index (κ1) is 17.9. The molecule has 28 heavy (non-hydrogen) atoms. The average Bonchev–Trinajstić information content (AvgIpc) is 2.72. The molecule has 0 fully saturated rings. The molecule has 0 unspecified atom stereocenters. The highest BCUT2D eigenvalue weighted by atomic mass is 16.5. The van der Waals surface area contributed by atoms with Crippen molar-refractivity contribution in [1.29, 1.82) is 0 Å². The summed E-state index contributed by atoms with van der Waals surface area (Å²) >= 11 is 0. The number of aromatic carboxylic acids is 1. The Morgan fingerprint density at radius 1 is 1.07 bits per heavy atom. The predicted molar refractivity (Wildman–Crippen MR) is 107 cm³/mol. The summed E-state index contributed by atoms with van der Waals surface area (Å²) in [5, 5.41) is 10.5. The lowest BCUT2D eigenvalue weighted by Gasteiger charge is -2.21. The maximum absolute atomic E-state index is 12.0. The number of allylic oxidation sites excluding steroid dienone is 1. The molecule has 0 aliphatic heterocycles. The molecule has 1 aromatic heterocycles. The van der Waals surface area contributed by atoms with Crippen molar-refractivity contribution >= 4 is 34.5 Å². The highest BCUT2D eigenvalue weighted by Gasteiger charge is 2.24. The molecule has 1 N–H and O–H groups in total. The smallest absolute Gasteiger partial charge is 0.337 e. The van der Waals surface area contributed by atoms with E-state index in [1.807, 2.05) is 42.5 Å². The van der Waals surface area contributed by atoms with E-state index in [4.69, 9.17) is 9.72 Å². The maximum atomic E-state index is 12.0. The lowest BCUT2D eigenvalue weighted by atomic mass is 9.86. The molecule has 1 aliphatic rings. The van der Waals surface area contributed by atoms with Crippen LogP contribution < -0.4 is 0 Å². The van der Waals surface area contributed by atoms with Gasteiger partial charge in [-0.15, -0.1) is 0 Å². The number of benzene rings is 2. The summed E-state index contributed by atoms with van der Waals surface area (Å²) in [5.41, 5.74) is 5.04. The minimum absolute atomic E-state index is 0.354. The van der Waals surface area contributed by atoms with Gasteiger partial charge in [0.1, 0.15) is 0 Å². The van der Waals surface area contributed by atoms with Crippen molar-refractivity contribution < 1.29 is 19.4 Å². The van der Waals surface area contributed by atoms with Crippen molar-refractivity contribution in [3.05, 3.63) is 76.5 Å². The molecule has 0 saturated heterocycles. The highest BCUT2D eigenvalue weighted by Crippen LogP contribution is 2.36. The molecule has 1 aliphatic carbocycles. The zero-order chi connectivity index (χ0) is 19.7. The number of carbonyl (C=O) groups is 2. The van der Waals surface area contributed by atoms with Crippen LogP contribution in [0.4, 0.5) is 0 Å². The molecule has 0 radical (unpaired) electrons. The Morgan fingerprint density at radius 3 is 2.54 bits per heavy atom. The van der Waals surface area contributed by atoms with Crippen molar-refractivity contribution in [1.82, 2.24) is 4.98 Å².